The van der Waals surface area contributed by atoms with Gasteiger partial charge in [0.1, 0.15) is 0 Å². The number of unbranched alkanes of at least 4 members (excludes halogenated alkanes) is 1. The summed E-state index contributed by atoms with van der Waals surface area (Å²) < 4.78 is 6.11. The molecule has 1 aliphatic rings. The summed E-state index contributed by atoms with van der Waals surface area (Å²) in [5.74, 6) is 0.568. The van der Waals surface area contributed by atoms with Gasteiger partial charge in [0.05, 0.1) is 12.1 Å². The summed E-state index contributed by atoms with van der Waals surface area (Å²) in [6, 6.07) is 0. The van der Waals surface area contributed by atoms with Gasteiger partial charge < -0.3 is 15.8 Å². The maximum atomic E-state index is 6.11. The third-order valence-corrected chi connectivity index (χ3v) is 3.75. The Bertz CT molecular complexity index is 266. The fourth-order valence-electron chi connectivity index (χ4n) is 2.54. The first-order valence-electron chi connectivity index (χ1n) is 7.90. The summed E-state index contributed by atoms with van der Waals surface area (Å²) in [6.45, 7) is 6.77. The van der Waals surface area contributed by atoms with Crippen molar-refractivity contribution in [3.63, 3.8) is 0 Å². The minimum absolute atomic E-state index is 0. The van der Waals surface area contributed by atoms with Gasteiger partial charge in [0.25, 0.3) is 0 Å². The van der Waals surface area contributed by atoms with Crippen LogP contribution < -0.4 is 11.1 Å². The molecular formula is C15H32IN3O. The summed E-state index contributed by atoms with van der Waals surface area (Å²) in [7, 11) is 0. The summed E-state index contributed by atoms with van der Waals surface area (Å²) >= 11 is 0. The van der Waals surface area contributed by atoms with Gasteiger partial charge in [-0.2, -0.15) is 0 Å². The lowest BCUT2D eigenvalue weighted by molar-refractivity contribution is -0.0624. The molecule has 1 aliphatic carbocycles. The zero-order valence-corrected chi connectivity index (χ0v) is 15.4. The average molecular weight is 397 g/mol. The molecule has 4 nitrogen and oxygen atoms in total. The van der Waals surface area contributed by atoms with Crippen LogP contribution in [0.5, 0.6) is 0 Å². The fourth-order valence-corrected chi connectivity index (χ4v) is 2.54. The normalized spacial score (nSPS) is 18.4. The van der Waals surface area contributed by atoms with Crippen LogP contribution in [0.2, 0.25) is 0 Å². The van der Waals surface area contributed by atoms with E-state index in [0.29, 0.717) is 12.5 Å². The van der Waals surface area contributed by atoms with Crippen LogP contribution in [0.4, 0.5) is 0 Å². The van der Waals surface area contributed by atoms with Crippen molar-refractivity contribution in [1.82, 2.24) is 5.32 Å². The van der Waals surface area contributed by atoms with Crippen molar-refractivity contribution in [3.8, 4) is 0 Å². The Morgan fingerprint density at radius 2 is 1.90 bits per heavy atom. The number of ether oxygens (including phenoxy) is 1. The number of nitrogens with zero attached hydrogens (tertiary/aromatic N) is 1. The molecule has 0 bridgehead atoms. The van der Waals surface area contributed by atoms with Gasteiger partial charge in [0.15, 0.2) is 5.96 Å². The highest BCUT2D eigenvalue weighted by atomic mass is 127. The molecule has 120 valence electrons. The van der Waals surface area contributed by atoms with Crippen LogP contribution in [-0.2, 0) is 4.74 Å². The second-order valence-electron chi connectivity index (χ2n) is 5.57. The first kappa shape index (κ1) is 20.0. The Balaban J connectivity index is 0.00000361. The van der Waals surface area contributed by atoms with Crippen LogP contribution in [0.3, 0.4) is 0 Å². The smallest absolute Gasteiger partial charge is 0.188 e. The number of hydrogen-bond acceptors (Lipinski definition) is 2. The molecule has 0 aromatic rings. The molecule has 0 unspecified atom stereocenters. The molecule has 5 heteroatoms. The van der Waals surface area contributed by atoms with Crippen molar-refractivity contribution in [2.45, 2.75) is 70.8 Å². The predicted molar refractivity (Wildman–Crippen MR) is 96.9 cm³/mol. The van der Waals surface area contributed by atoms with Gasteiger partial charge in [-0.05, 0) is 25.7 Å². The van der Waals surface area contributed by atoms with E-state index in [1.54, 1.807) is 0 Å². The van der Waals surface area contributed by atoms with Crippen LogP contribution in [0.1, 0.15) is 65.2 Å². The Morgan fingerprint density at radius 1 is 1.20 bits per heavy atom. The molecule has 1 rings (SSSR count). The van der Waals surface area contributed by atoms with Gasteiger partial charge in [-0.25, -0.2) is 0 Å². The maximum Gasteiger partial charge on any atom is 0.188 e. The first-order chi connectivity index (χ1) is 9.22. The van der Waals surface area contributed by atoms with Gasteiger partial charge in [-0.3, -0.25) is 4.99 Å². The van der Waals surface area contributed by atoms with E-state index in [2.05, 4.69) is 24.2 Å². The van der Waals surface area contributed by atoms with Crippen molar-refractivity contribution in [1.29, 1.82) is 0 Å². The number of rotatable bonds is 8. The number of hydrogen-bond donors (Lipinski definition) is 2. The van der Waals surface area contributed by atoms with E-state index >= 15 is 0 Å². The van der Waals surface area contributed by atoms with Crippen molar-refractivity contribution in [3.05, 3.63) is 0 Å². The maximum absolute atomic E-state index is 6.11. The Morgan fingerprint density at radius 3 is 2.50 bits per heavy atom. The quantitative estimate of drug-likeness (QED) is 0.286. The molecule has 0 heterocycles. The van der Waals surface area contributed by atoms with Gasteiger partial charge >= 0.3 is 0 Å². The summed E-state index contributed by atoms with van der Waals surface area (Å²) in [5.41, 5.74) is 5.85. The SMILES string of the molecule is CCCCNC(N)=NCC1(OCCC)CCCCC1.I. The molecule has 1 saturated carbocycles. The summed E-state index contributed by atoms with van der Waals surface area (Å²) in [5, 5.41) is 3.17. The Hall–Kier alpha value is -0.0400. The second kappa shape index (κ2) is 11.6. The molecule has 3 N–H and O–H groups in total. The first-order valence-corrected chi connectivity index (χ1v) is 7.90. The van der Waals surface area contributed by atoms with E-state index in [-0.39, 0.29) is 29.6 Å². The molecule has 0 spiro atoms. The van der Waals surface area contributed by atoms with E-state index < -0.39 is 0 Å². The van der Waals surface area contributed by atoms with E-state index in [1.807, 2.05) is 0 Å². The van der Waals surface area contributed by atoms with Crippen LogP contribution in [0.25, 0.3) is 0 Å². The molecule has 0 aromatic heterocycles. The fraction of sp³-hybridized carbons (Fsp3) is 0.933. The minimum Gasteiger partial charge on any atom is -0.373 e. The highest BCUT2D eigenvalue weighted by Crippen LogP contribution is 2.32. The molecule has 0 saturated heterocycles. The Kier molecular flexibility index (Phi) is 11.6. The zero-order chi connectivity index (χ0) is 14.0. The van der Waals surface area contributed by atoms with Crippen molar-refractivity contribution in [2.24, 2.45) is 10.7 Å². The molecular weight excluding hydrogens is 365 g/mol. The van der Waals surface area contributed by atoms with Gasteiger partial charge in [-0.15, -0.1) is 24.0 Å². The number of nitrogens with one attached hydrogen (secondary N) is 1. The third kappa shape index (κ3) is 7.67. The van der Waals surface area contributed by atoms with Crippen LogP contribution in [0, 0.1) is 0 Å². The van der Waals surface area contributed by atoms with Crippen molar-refractivity contribution < 1.29 is 4.74 Å². The summed E-state index contributed by atoms with van der Waals surface area (Å²) in [4.78, 5) is 4.50. The van der Waals surface area contributed by atoms with Crippen LogP contribution in [0.15, 0.2) is 4.99 Å². The molecule has 0 aliphatic heterocycles. The van der Waals surface area contributed by atoms with Gasteiger partial charge in [0, 0.05) is 13.2 Å². The third-order valence-electron chi connectivity index (χ3n) is 3.75. The predicted octanol–water partition coefficient (Wildman–Crippen LogP) is 3.44. The molecule has 0 amide bonds. The minimum atomic E-state index is -0.0503. The number of aliphatic imine (C=N–C) groups is 1. The summed E-state index contributed by atoms with van der Waals surface area (Å²) in [6.07, 6.45) is 9.45. The van der Waals surface area contributed by atoms with Crippen LogP contribution in [-0.4, -0.2) is 31.3 Å². The van der Waals surface area contributed by atoms with Gasteiger partial charge in [-0.1, -0.05) is 39.5 Å². The lowest BCUT2D eigenvalue weighted by atomic mass is 9.84. The molecule has 1 fully saturated rings. The van der Waals surface area contributed by atoms with E-state index in [9.17, 15) is 0 Å². The molecule has 20 heavy (non-hydrogen) atoms. The van der Waals surface area contributed by atoms with E-state index in [0.717, 1.165) is 38.8 Å². The zero-order valence-electron chi connectivity index (χ0n) is 13.1. The highest BCUT2D eigenvalue weighted by molar-refractivity contribution is 14.0. The standard InChI is InChI=1S/C15H31N3O.HI/c1-3-5-11-17-14(16)18-13-15(19-12-4-2)9-7-6-8-10-15;/h3-13H2,1-2H3,(H3,16,17,18);1H. The number of halogens is 1. The lowest BCUT2D eigenvalue weighted by Gasteiger charge is -2.36. The average Bonchev–Trinajstić information content (AvgIpc) is 2.44. The van der Waals surface area contributed by atoms with Crippen LogP contribution >= 0.6 is 24.0 Å². The van der Waals surface area contributed by atoms with Crippen molar-refractivity contribution in [2.75, 3.05) is 19.7 Å². The monoisotopic (exact) mass is 397 g/mol. The van der Waals surface area contributed by atoms with E-state index in [4.69, 9.17) is 10.5 Å². The van der Waals surface area contributed by atoms with Gasteiger partial charge in [0.2, 0.25) is 0 Å². The van der Waals surface area contributed by atoms with E-state index in [1.165, 1.54) is 25.7 Å². The molecule has 0 atom stereocenters. The second-order valence-corrected chi connectivity index (χ2v) is 5.57. The largest absolute Gasteiger partial charge is 0.373 e. The highest BCUT2D eigenvalue weighted by Gasteiger charge is 2.32. The topological polar surface area (TPSA) is 59.6 Å². The molecule has 0 radical (unpaired) electrons. The Labute approximate surface area is 141 Å². The van der Waals surface area contributed by atoms with Crippen molar-refractivity contribution >= 4 is 29.9 Å². The lowest BCUT2D eigenvalue weighted by Crippen LogP contribution is -2.41. The molecule has 0 aromatic carbocycles. The number of nitrogens with two attached hydrogens (primary N) is 1. The number of guanidine groups is 1.